The first-order valence-electron chi connectivity index (χ1n) is 8.44. The maximum absolute atomic E-state index is 10.2. The average Bonchev–Trinajstić information content (AvgIpc) is 3.17. The van der Waals surface area contributed by atoms with Crippen LogP contribution in [0.4, 0.5) is 5.69 Å². The fourth-order valence-corrected chi connectivity index (χ4v) is 3.51. The molecule has 7 heteroatoms. The number of benzene rings is 1. The number of hydrogen-bond acceptors (Lipinski definition) is 5. The molecule has 6 nitrogen and oxygen atoms in total. The molecule has 2 aromatic rings. The van der Waals surface area contributed by atoms with Crippen LogP contribution in [0.25, 0.3) is 11.3 Å². The minimum absolute atomic E-state index is 0.413. The van der Waals surface area contributed by atoms with Gasteiger partial charge in [-0.15, -0.1) is 0 Å². The topological polar surface area (TPSA) is 56.9 Å². The Labute approximate surface area is 160 Å². The Morgan fingerprint density at radius 2 is 2.15 bits per heavy atom. The number of nitrogens with zero attached hydrogens (tertiary/aromatic N) is 5. The highest BCUT2D eigenvalue weighted by Crippen LogP contribution is 2.35. The Morgan fingerprint density at radius 1 is 1.31 bits per heavy atom. The lowest BCUT2D eigenvalue weighted by Crippen LogP contribution is -2.34. The SMILES string of the molecule is CC(C)(O)Cn1cc(N2CC=C3N=CC=CN32)c(-c2cccc(Br)c2)n1. The van der Waals surface area contributed by atoms with E-state index in [9.17, 15) is 5.11 Å². The maximum Gasteiger partial charge on any atom is 0.149 e. The summed E-state index contributed by atoms with van der Waals surface area (Å²) in [6.45, 7) is 4.69. The van der Waals surface area contributed by atoms with Gasteiger partial charge in [-0.3, -0.25) is 9.69 Å². The van der Waals surface area contributed by atoms with Crippen LogP contribution in [-0.2, 0) is 6.54 Å². The third-order valence-electron chi connectivity index (χ3n) is 4.13. The van der Waals surface area contributed by atoms with Gasteiger partial charge >= 0.3 is 0 Å². The van der Waals surface area contributed by atoms with E-state index in [1.807, 2.05) is 41.7 Å². The van der Waals surface area contributed by atoms with Crippen LogP contribution in [0, 0.1) is 0 Å². The lowest BCUT2D eigenvalue weighted by molar-refractivity contribution is 0.0578. The molecule has 0 aliphatic carbocycles. The fraction of sp³-hybridized carbons (Fsp3) is 0.263. The number of rotatable bonds is 4. The van der Waals surface area contributed by atoms with Gasteiger partial charge < -0.3 is 5.11 Å². The molecule has 2 aliphatic rings. The van der Waals surface area contributed by atoms with Crippen LogP contribution in [0.3, 0.4) is 0 Å². The van der Waals surface area contributed by atoms with Crippen molar-refractivity contribution in [2.75, 3.05) is 11.6 Å². The second-order valence-electron chi connectivity index (χ2n) is 6.99. The molecule has 0 atom stereocenters. The van der Waals surface area contributed by atoms with E-state index < -0.39 is 5.60 Å². The largest absolute Gasteiger partial charge is 0.389 e. The van der Waals surface area contributed by atoms with Gasteiger partial charge in [0.15, 0.2) is 0 Å². The van der Waals surface area contributed by atoms with Crippen LogP contribution in [0.1, 0.15) is 13.8 Å². The van der Waals surface area contributed by atoms with Crippen molar-refractivity contribution in [1.29, 1.82) is 0 Å². The van der Waals surface area contributed by atoms with E-state index in [0.29, 0.717) is 13.1 Å². The summed E-state index contributed by atoms with van der Waals surface area (Å²) in [5.41, 5.74) is 2.01. The van der Waals surface area contributed by atoms with Gasteiger partial charge in [-0.05, 0) is 38.1 Å². The van der Waals surface area contributed by atoms with Crippen molar-refractivity contribution in [3.63, 3.8) is 0 Å². The molecule has 0 spiro atoms. The highest BCUT2D eigenvalue weighted by Gasteiger charge is 2.28. The normalized spacial score (nSPS) is 16.2. The van der Waals surface area contributed by atoms with E-state index in [-0.39, 0.29) is 0 Å². The van der Waals surface area contributed by atoms with Gasteiger partial charge in [0.25, 0.3) is 0 Å². The Bertz CT molecular complexity index is 922. The molecule has 0 fully saturated rings. The molecule has 1 N–H and O–H groups in total. The molecule has 1 aromatic heterocycles. The summed E-state index contributed by atoms with van der Waals surface area (Å²) in [7, 11) is 0. The molecule has 0 bridgehead atoms. The summed E-state index contributed by atoms with van der Waals surface area (Å²) in [5, 5.41) is 19.1. The zero-order valence-electron chi connectivity index (χ0n) is 14.7. The lowest BCUT2D eigenvalue weighted by Gasteiger charge is -2.30. The highest BCUT2D eigenvalue weighted by molar-refractivity contribution is 9.10. The number of aromatic nitrogens is 2. The fourth-order valence-electron chi connectivity index (χ4n) is 3.11. The minimum atomic E-state index is -0.846. The molecule has 4 rings (SSSR count). The Morgan fingerprint density at radius 3 is 2.92 bits per heavy atom. The molecule has 0 saturated carbocycles. The molecule has 3 heterocycles. The quantitative estimate of drug-likeness (QED) is 0.832. The van der Waals surface area contributed by atoms with E-state index in [1.54, 1.807) is 24.7 Å². The molecule has 1 aromatic carbocycles. The van der Waals surface area contributed by atoms with Crippen LogP contribution < -0.4 is 5.01 Å². The number of aliphatic hydroxyl groups is 1. The summed E-state index contributed by atoms with van der Waals surface area (Å²) in [5.74, 6) is 0.905. The zero-order chi connectivity index (χ0) is 18.3. The van der Waals surface area contributed by atoms with Gasteiger partial charge in [0.1, 0.15) is 17.2 Å². The lowest BCUT2D eigenvalue weighted by atomic mass is 10.1. The molecule has 2 aliphatic heterocycles. The van der Waals surface area contributed by atoms with E-state index in [1.165, 1.54) is 0 Å². The number of halogens is 1. The summed E-state index contributed by atoms with van der Waals surface area (Å²) in [4.78, 5) is 4.41. The number of fused-ring (bicyclic) bond motifs is 1. The van der Waals surface area contributed by atoms with Crippen molar-refractivity contribution in [3.05, 3.63) is 59.1 Å². The molecule has 0 radical (unpaired) electrons. The van der Waals surface area contributed by atoms with E-state index in [0.717, 1.165) is 27.2 Å². The molecular formula is C19H20BrN5O. The summed E-state index contributed by atoms with van der Waals surface area (Å²) in [6, 6.07) is 8.08. The second-order valence-corrected chi connectivity index (χ2v) is 7.91. The van der Waals surface area contributed by atoms with E-state index in [4.69, 9.17) is 5.10 Å². The Balaban J connectivity index is 1.77. The van der Waals surface area contributed by atoms with Gasteiger partial charge in [0, 0.05) is 22.5 Å². The molecule has 0 unspecified atom stereocenters. The molecule has 0 amide bonds. The van der Waals surface area contributed by atoms with E-state index in [2.05, 4.69) is 38.1 Å². The standard InChI is InChI=1S/C19H20BrN5O/c1-19(2,26)13-23-12-16(18(22-23)14-5-3-6-15(20)11-14)24-10-7-17-21-8-4-9-25(17)24/h3-9,11-12,26H,10,13H2,1-2H3. The van der Waals surface area contributed by atoms with Gasteiger partial charge in [0.05, 0.1) is 24.9 Å². The van der Waals surface area contributed by atoms with Gasteiger partial charge in [0.2, 0.25) is 0 Å². The average molecular weight is 414 g/mol. The minimum Gasteiger partial charge on any atom is -0.389 e. The van der Waals surface area contributed by atoms with Crippen LogP contribution in [0.15, 0.2) is 64.1 Å². The predicted octanol–water partition coefficient (Wildman–Crippen LogP) is 3.56. The van der Waals surface area contributed by atoms with E-state index >= 15 is 0 Å². The summed E-state index contributed by atoms with van der Waals surface area (Å²) < 4.78 is 2.81. The van der Waals surface area contributed by atoms with Crippen LogP contribution in [0.5, 0.6) is 0 Å². The smallest absolute Gasteiger partial charge is 0.149 e. The maximum atomic E-state index is 10.2. The van der Waals surface area contributed by atoms with Gasteiger partial charge in [-0.25, -0.2) is 10.0 Å². The van der Waals surface area contributed by atoms with Crippen molar-refractivity contribution in [1.82, 2.24) is 14.8 Å². The number of aliphatic imine (C=N–C) groups is 1. The number of hydrazine groups is 1. The first-order chi connectivity index (χ1) is 12.4. The molecule has 0 saturated heterocycles. The van der Waals surface area contributed by atoms with Crippen molar-refractivity contribution < 1.29 is 5.11 Å². The zero-order valence-corrected chi connectivity index (χ0v) is 16.3. The summed E-state index contributed by atoms with van der Waals surface area (Å²) >= 11 is 3.54. The predicted molar refractivity (Wildman–Crippen MR) is 107 cm³/mol. The van der Waals surface area contributed by atoms with Crippen molar-refractivity contribution in [2.45, 2.75) is 26.0 Å². The third kappa shape index (κ3) is 3.32. The third-order valence-corrected chi connectivity index (χ3v) is 4.62. The number of anilines is 1. The summed E-state index contributed by atoms with van der Waals surface area (Å²) in [6.07, 6.45) is 9.76. The van der Waals surface area contributed by atoms with Crippen LogP contribution in [-0.4, -0.2) is 38.3 Å². The number of allylic oxidation sites excluding steroid dienone is 1. The molecule has 134 valence electrons. The Hall–Kier alpha value is -2.38. The second kappa shape index (κ2) is 6.41. The van der Waals surface area contributed by atoms with Crippen LogP contribution in [0.2, 0.25) is 0 Å². The highest BCUT2D eigenvalue weighted by atomic mass is 79.9. The van der Waals surface area contributed by atoms with Crippen molar-refractivity contribution in [2.24, 2.45) is 4.99 Å². The van der Waals surface area contributed by atoms with Crippen molar-refractivity contribution >= 4 is 27.8 Å². The van der Waals surface area contributed by atoms with Crippen LogP contribution >= 0.6 is 15.9 Å². The van der Waals surface area contributed by atoms with Crippen molar-refractivity contribution in [3.8, 4) is 11.3 Å². The Kier molecular flexibility index (Phi) is 4.20. The first kappa shape index (κ1) is 17.1. The molecule has 26 heavy (non-hydrogen) atoms. The number of hydrogen-bond donors (Lipinski definition) is 1. The molecular weight excluding hydrogens is 394 g/mol. The monoisotopic (exact) mass is 413 g/mol. The van der Waals surface area contributed by atoms with Gasteiger partial charge in [-0.2, -0.15) is 5.10 Å². The van der Waals surface area contributed by atoms with Gasteiger partial charge in [-0.1, -0.05) is 28.1 Å². The first-order valence-corrected chi connectivity index (χ1v) is 9.23.